The van der Waals surface area contributed by atoms with Crippen molar-refractivity contribution in [1.29, 1.82) is 0 Å². The Kier molecular flexibility index (Phi) is 6.08. The van der Waals surface area contributed by atoms with E-state index in [1.807, 2.05) is 6.92 Å². The molecular weight excluding hydrogens is 350 g/mol. The predicted octanol–water partition coefficient (Wildman–Crippen LogP) is 4.44. The smallest absolute Gasteiger partial charge is 0.277 e. The van der Waals surface area contributed by atoms with Gasteiger partial charge in [-0.2, -0.15) is 0 Å². The highest BCUT2D eigenvalue weighted by Crippen LogP contribution is 2.34. The fourth-order valence-corrected chi connectivity index (χ4v) is 3.91. The van der Waals surface area contributed by atoms with Gasteiger partial charge in [-0.15, -0.1) is 10.2 Å². The van der Waals surface area contributed by atoms with Crippen molar-refractivity contribution in [3.63, 3.8) is 0 Å². The van der Waals surface area contributed by atoms with Gasteiger partial charge in [-0.3, -0.25) is 9.59 Å². The maximum absolute atomic E-state index is 12.6. The molecule has 1 heterocycles. The zero-order valence-electron chi connectivity index (χ0n) is 15.0. The molecule has 1 N–H and O–H groups in total. The topological polar surface area (TPSA) is 85.1 Å². The largest absolute Gasteiger partial charge is 0.416 e. The van der Waals surface area contributed by atoms with Gasteiger partial charge in [-0.05, 0) is 44.0 Å². The van der Waals surface area contributed by atoms with E-state index >= 15 is 0 Å². The Balaban J connectivity index is 1.60. The summed E-state index contributed by atoms with van der Waals surface area (Å²) in [6.07, 6.45) is 5.89. The molecule has 1 aromatic carbocycles. The third-order valence-electron chi connectivity index (χ3n) is 4.51. The molecular formula is C19H23N3O3S. The van der Waals surface area contributed by atoms with Gasteiger partial charge in [0.05, 0.1) is 5.25 Å². The van der Waals surface area contributed by atoms with Crippen LogP contribution in [0.5, 0.6) is 0 Å². The molecule has 0 radical (unpaired) electrons. The van der Waals surface area contributed by atoms with Crippen LogP contribution in [-0.2, 0) is 4.79 Å². The number of carbonyl (C=O) groups excluding carboxylic acids is 2. The number of rotatable bonds is 6. The van der Waals surface area contributed by atoms with Crippen molar-refractivity contribution in [2.75, 3.05) is 5.32 Å². The molecule has 26 heavy (non-hydrogen) atoms. The van der Waals surface area contributed by atoms with Crippen molar-refractivity contribution in [1.82, 2.24) is 10.2 Å². The number of benzene rings is 1. The molecule has 1 atom stereocenters. The summed E-state index contributed by atoms with van der Waals surface area (Å²) in [5.41, 5.74) is 1.26. The number of ketones is 1. The Bertz CT molecular complexity index is 767. The van der Waals surface area contributed by atoms with E-state index in [0.717, 1.165) is 12.8 Å². The van der Waals surface area contributed by atoms with Crippen LogP contribution in [0.25, 0.3) is 0 Å². The second kappa shape index (κ2) is 8.49. The van der Waals surface area contributed by atoms with Crippen molar-refractivity contribution in [3.8, 4) is 0 Å². The number of aromatic nitrogens is 2. The molecule has 0 unspecified atom stereocenters. The number of Topliss-reactive ketones (excluding diaryl/α,β-unsaturated/α-hetero) is 1. The lowest BCUT2D eigenvalue weighted by atomic mass is 9.89. The molecule has 7 heteroatoms. The van der Waals surface area contributed by atoms with E-state index in [4.69, 9.17) is 4.42 Å². The SMILES string of the molecule is CC(=O)Nc1ccc(C(=O)[C@@H](C)Sc2nnc(C3CCCCC3)o2)cc1. The maximum Gasteiger partial charge on any atom is 0.277 e. The van der Waals surface area contributed by atoms with Crippen LogP contribution in [0.1, 0.15) is 68.1 Å². The van der Waals surface area contributed by atoms with E-state index in [1.54, 1.807) is 24.3 Å². The number of hydrogen-bond acceptors (Lipinski definition) is 6. The van der Waals surface area contributed by atoms with E-state index in [9.17, 15) is 9.59 Å². The number of amides is 1. The highest BCUT2D eigenvalue weighted by Gasteiger charge is 2.24. The van der Waals surface area contributed by atoms with Gasteiger partial charge in [0.1, 0.15) is 0 Å². The molecule has 0 bridgehead atoms. The number of hydrogen-bond donors (Lipinski definition) is 1. The van der Waals surface area contributed by atoms with Gasteiger partial charge < -0.3 is 9.73 Å². The zero-order valence-corrected chi connectivity index (χ0v) is 15.8. The first-order valence-electron chi connectivity index (χ1n) is 8.95. The number of nitrogens with one attached hydrogen (secondary N) is 1. The van der Waals surface area contributed by atoms with Crippen molar-refractivity contribution in [3.05, 3.63) is 35.7 Å². The van der Waals surface area contributed by atoms with Crippen LogP contribution in [0.2, 0.25) is 0 Å². The van der Waals surface area contributed by atoms with Crippen molar-refractivity contribution in [2.45, 2.75) is 62.3 Å². The Morgan fingerprint density at radius 3 is 2.50 bits per heavy atom. The third kappa shape index (κ3) is 4.72. The number of carbonyl (C=O) groups is 2. The first-order valence-corrected chi connectivity index (χ1v) is 9.83. The van der Waals surface area contributed by atoms with E-state index in [2.05, 4.69) is 15.5 Å². The monoisotopic (exact) mass is 373 g/mol. The summed E-state index contributed by atoms with van der Waals surface area (Å²) in [6.45, 7) is 3.28. The Labute approximate surface area is 157 Å². The first kappa shape index (κ1) is 18.6. The summed E-state index contributed by atoms with van der Waals surface area (Å²) in [7, 11) is 0. The standard InChI is InChI=1S/C19H23N3O3S/c1-12(17(24)14-8-10-16(11-9-14)20-13(2)23)26-19-22-21-18(25-19)15-6-4-3-5-7-15/h8-12,15H,3-7H2,1-2H3,(H,20,23)/t12-/m1/s1. The Morgan fingerprint density at radius 1 is 1.15 bits per heavy atom. The van der Waals surface area contributed by atoms with Gasteiger partial charge >= 0.3 is 0 Å². The second-order valence-corrected chi connectivity index (χ2v) is 7.92. The molecule has 2 aromatic rings. The number of nitrogens with zero attached hydrogens (tertiary/aromatic N) is 2. The summed E-state index contributed by atoms with van der Waals surface area (Å²) in [4.78, 5) is 23.6. The van der Waals surface area contributed by atoms with Gasteiger partial charge in [0.15, 0.2) is 5.78 Å². The number of thioether (sulfide) groups is 1. The van der Waals surface area contributed by atoms with Crippen molar-refractivity contribution in [2.24, 2.45) is 0 Å². The predicted molar refractivity (Wildman–Crippen MR) is 101 cm³/mol. The molecule has 3 rings (SSSR count). The molecule has 1 saturated carbocycles. The maximum atomic E-state index is 12.6. The van der Waals surface area contributed by atoms with Crippen LogP contribution >= 0.6 is 11.8 Å². The molecule has 0 aliphatic heterocycles. The van der Waals surface area contributed by atoms with E-state index < -0.39 is 0 Å². The van der Waals surface area contributed by atoms with Gasteiger partial charge in [0, 0.05) is 24.1 Å². The molecule has 138 valence electrons. The van der Waals surface area contributed by atoms with Gasteiger partial charge in [0.25, 0.3) is 5.22 Å². The van der Waals surface area contributed by atoms with Crippen LogP contribution in [-0.4, -0.2) is 27.1 Å². The lowest BCUT2D eigenvalue weighted by Crippen LogP contribution is -2.13. The molecule has 1 fully saturated rings. The zero-order chi connectivity index (χ0) is 18.5. The van der Waals surface area contributed by atoms with E-state index in [-0.39, 0.29) is 16.9 Å². The Hall–Kier alpha value is -2.15. The lowest BCUT2D eigenvalue weighted by molar-refractivity contribution is -0.114. The number of anilines is 1. The third-order valence-corrected chi connectivity index (χ3v) is 5.45. The highest BCUT2D eigenvalue weighted by atomic mass is 32.2. The minimum absolute atomic E-state index is 0.0122. The molecule has 1 aromatic heterocycles. The van der Waals surface area contributed by atoms with Crippen LogP contribution < -0.4 is 5.32 Å². The fraction of sp³-hybridized carbons (Fsp3) is 0.474. The van der Waals surface area contributed by atoms with Gasteiger partial charge in [-0.25, -0.2) is 0 Å². The van der Waals surface area contributed by atoms with Crippen LogP contribution in [0.4, 0.5) is 5.69 Å². The van der Waals surface area contributed by atoms with Gasteiger partial charge in [0.2, 0.25) is 11.8 Å². The highest BCUT2D eigenvalue weighted by molar-refractivity contribution is 8.00. The summed E-state index contributed by atoms with van der Waals surface area (Å²) >= 11 is 1.29. The second-order valence-electron chi connectivity index (χ2n) is 6.62. The Morgan fingerprint density at radius 2 is 1.85 bits per heavy atom. The molecule has 6 nitrogen and oxygen atoms in total. The molecule has 1 aliphatic rings. The van der Waals surface area contributed by atoms with Crippen molar-refractivity contribution >= 4 is 29.1 Å². The summed E-state index contributed by atoms with van der Waals surface area (Å²) in [6, 6.07) is 6.87. The van der Waals surface area contributed by atoms with Crippen LogP contribution in [0.15, 0.2) is 33.9 Å². The normalized spacial score (nSPS) is 16.2. The minimum atomic E-state index is -0.332. The summed E-state index contributed by atoms with van der Waals surface area (Å²) < 4.78 is 5.78. The van der Waals surface area contributed by atoms with E-state index in [1.165, 1.54) is 37.9 Å². The molecule has 0 saturated heterocycles. The van der Waals surface area contributed by atoms with Crippen molar-refractivity contribution < 1.29 is 14.0 Å². The quantitative estimate of drug-likeness (QED) is 0.595. The average Bonchev–Trinajstić information content (AvgIpc) is 3.10. The van der Waals surface area contributed by atoms with Gasteiger partial charge in [-0.1, -0.05) is 31.0 Å². The summed E-state index contributed by atoms with van der Waals surface area (Å²) in [5, 5.41) is 11.1. The first-order chi connectivity index (χ1) is 12.5. The van der Waals surface area contributed by atoms with Crippen LogP contribution in [0, 0.1) is 0 Å². The minimum Gasteiger partial charge on any atom is -0.416 e. The van der Waals surface area contributed by atoms with E-state index in [0.29, 0.717) is 28.3 Å². The molecule has 0 spiro atoms. The lowest BCUT2D eigenvalue weighted by Gasteiger charge is -2.17. The summed E-state index contributed by atoms with van der Waals surface area (Å²) in [5.74, 6) is 0.907. The average molecular weight is 373 g/mol. The molecule has 1 amide bonds. The van der Waals surface area contributed by atoms with Crippen LogP contribution in [0.3, 0.4) is 0 Å². The molecule has 1 aliphatic carbocycles. The fourth-order valence-electron chi connectivity index (χ4n) is 3.14.